The molecule has 1 N–H and O–H groups in total. The highest BCUT2D eigenvalue weighted by molar-refractivity contribution is 5.98. The summed E-state index contributed by atoms with van der Waals surface area (Å²) in [4.78, 5) is 26.1. The summed E-state index contributed by atoms with van der Waals surface area (Å²) in [5, 5.41) is 2.79. The second kappa shape index (κ2) is 9.48. The van der Waals surface area contributed by atoms with E-state index in [1.807, 2.05) is 57.2 Å². The number of hydrogen-bond acceptors (Lipinski definition) is 4. The van der Waals surface area contributed by atoms with Crippen LogP contribution >= 0.6 is 0 Å². The van der Waals surface area contributed by atoms with Crippen molar-refractivity contribution >= 4 is 23.6 Å². The van der Waals surface area contributed by atoms with E-state index < -0.39 is 0 Å². The third-order valence-electron chi connectivity index (χ3n) is 4.83. The Morgan fingerprint density at radius 1 is 1.27 bits per heavy atom. The van der Waals surface area contributed by atoms with Gasteiger partial charge in [-0.25, -0.2) is 0 Å². The van der Waals surface area contributed by atoms with Gasteiger partial charge in [-0.2, -0.15) is 0 Å². The van der Waals surface area contributed by atoms with Crippen molar-refractivity contribution in [2.45, 2.75) is 33.3 Å². The van der Waals surface area contributed by atoms with Gasteiger partial charge in [0.15, 0.2) is 0 Å². The summed E-state index contributed by atoms with van der Waals surface area (Å²) in [6.45, 7) is 6.42. The summed E-state index contributed by atoms with van der Waals surface area (Å²) in [7, 11) is 1.60. The Morgan fingerprint density at radius 3 is 2.70 bits per heavy atom. The minimum atomic E-state index is -0.272. The molecule has 158 valence electrons. The zero-order chi connectivity index (χ0) is 21.7. The number of aryl methyl sites for hydroxylation is 1. The summed E-state index contributed by atoms with van der Waals surface area (Å²) in [6, 6.07) is 11.4. The molecule has 1 heterocycles. The molecule has 6 nitrogen and oxygen atoms in total. The van der Waals surface area contributed by atoms with E-state index in [1.165, 1.54) is 11.0 Å². The zero-order valence-electron chi connectivity index (χ0n) is 17.9. The van der Waals surface area contributed by atoms with Gasteiger partial charge in [0.2, 0.25) is 11.8 Å². The van der Waals surface area contributed by atoms with E-state index in [2.05, 4.69) is 5.32 Å². The van der Waals surface area contributed by atoms with Crippen LogP contribution in [0.1, 0.15) is 30.5 Å². The summed E-state index contributed by atoms with van der Waals surface area (Å²) >= 11 is 0. The largest absolute Gasteiger partial charge is 0.493 e. The molecule has 3 rings (SSSR count). The Labute approximate surface area is 177 Å². The molecule has 0 bridgehead atoms. The van der Waals surface area contributed by atoms with Gasteiger partial charge in [0, 0.05) is 36.4 Å². The van der Waals surface area contributed by atoms with Gasteiger partial charge >= 0.3 is 0 Å². The van der Waals surface area contributed by atoms with Gasteiger partial charge in [-0.1, -0.05) is 17.7 Å². The van der Waals surface area contributed by atoms with E-state index in [9.17, 15) is 9.59 Å². The molecule has 0 fully saturated rings. The Hall–Kier alpha value is -3.28. The molecule has 2 amide bonds. The van der Waals surface area contributed by atoms with Crippen molar-refractivity contribution in [3.05, 3.63) is 59.2 Å². The Kier molecular flexibility index (Phi) is 6.77. The van der Waals surface area contributed by atoms with Crippen molar-refractivity contribution in [1.82, 2.24) is 4.90 Å². The van der Waals surface area contributed by atoms with Crippen LogP contribution < -0.4 is 14.8 Å². The molecule has 1 aliphatic heterocycles. The number of fused-ring (bicyclic) bond motifs is 1. The molecule has 2 aromatic carbocycles. The standard InChI is InChI=1S/C24H28N2O4/c1-5-29-21-14-19-12-17(3)30-22(19)13-18(21)8-11-24(28)26(4)15-23(27)25-20-9-6-16(2)7-10-20/h6-11,13-14,17H,5,12,15H2,1-4H3,(H,25,27)/b11-8+/t17-/m1/s1. The minimum Gasteiger partial charge on any atom is -0.493 e. The molecular weight excluding hydrogens is 380 g/mol. The number of carbonyl (C=O) groups is 2. The van der Waals surface area contributed by atoms with Crippen LogP contribution in [0.15, 0.2) is 42.5 Å². The van der Waals surface area contributed by atoms with Crippen molar-refractivity contribution in [2.75, 3.05) is 25.5 Å². The average Bonchev–Trinajstić information content (AvgIpc) is 3.06. The first kappa shape index (κ1) is 21.4. The van der Waals surface area contributed by atoms with Crippen molar-refractivity contribution in [3.8, 4) is 11.5 Å². The smallest absolute Gasteiger partial charge is 0.246 e. The van der Waals surface area contributed by atoms with Crippen LogP contribution in [-0.4, -0.2) is 43.0 Å². The highest BCUT2D eigenvalue weighted by Crippen LogP contribution is 2.35. The van der Waals surface area contributed by atoms with E-state index in [0.29, 0.717) is 12.3 Å². The summed E-state index contributed by atoms with van der Waals surface area (Å²) in [5.74, 6) is 1.02. The number of rotatable bonds is 7. The number of amides is 2. The lowest BCUT2D eigenvalue weighted by Crippen LogP contribution is -2.33. The number of nitrogens with one attached hydrogen (secondary N) is 1. The second-order valence-corrected chi connectivity index (χ2v) is 7.51. The fourth-order valence-electron chi connectivity index (χ4n) is 3.28. The van der Waals surface area contributed by atoms with Crippen LogP contribution in [0, 0.1) is 6.92 Å². The molecule has 0 saturated carbocycles. The van der Waals surface area contributed by atoms with Gasteiger partial charge in [-0.3, -0.25) is 9.59 Å². The van der Waals surface area contributed by atoms with Crippen molar-refractivity contribution < 1.29 is 19.1 Å². The predicted octanol–water partition coefficient (Wildman–Crippen LogP) is 3.83. The average molecular weight is 408 g/mol. The van der Waals surface area contributed by atoms with Crippen molar-refractivity contribution in [2.24, 2.45) is 0 Å². The maximum atomic E-state index is 12.5. The Balaban J connectivity index is 1.64. The van der Waals surface area contributed by atoms with E-state index in [0.717, 1.165) is 34.6 Å². The second-order valence-electron chi connectivity index (χ2n) is 7.51. The van der Waals surface area contributed by atoms with Crippen LogP contribution in [-0.2, 0) is 16.0 Å². The monoisotopic (exact) mass is 408 g/mol. The number of anilines is 1. The van der Waals surface area contributed by atoms with Crippen LogP contribution in [0.2, 0.25) is 0 Å². The highest BCUT2D eigenvalue weighted by Gasteiger charge is 2.21. The lowest BCUT2D eigenvalue weighted by molar-refractivity contribution is -0.129. The molecule has 1 aliphatic rings. The Bertz CT molecular complexity index is 950. The number of likely N-dealkylation sites (N-methyl/N-ethyl adjacent to an activating group) is 1. The lowest BCUT2D eigenvalue weighted by atomic mass is 10.1. The fourth-order valence-corrected chi connectivity index (χ4v) is 3.28. The van der Waals surface area contributed by atoms with E-state index in [4.69, 9.17) is 9.47 Å². The molecule has 2 aromatic rings. The third-order valence-corrected chi connectivity index (χ3v) is 4.83. The molecule has 0 aromatic heterocycles. The van der Waals surface area contributed by atoms with Gasteiger partial charge in [0.05, 0.1) is 13.2 Å². The summed E-state index contributed by atoms with van der Waals surface area (Å²) < 4.78 is 11.5. The predicted molar refractivity (Wildman–Crippen MR) is 118 cm³/mol. The maximum Gasteiger partial charge on any atom is 0.246 e. The SMILES string of the molecule is CCOc1cc2c(cc1/C=C/C(=O)N(C)CC(=O)Nc1ccc(C)cc1)O[C@H](C)C2. The molecular formula is C24H28N2O4. The topological polar surface area (TPSA) is 67.9 Å². The van der Waals surface area contributed by atoms with E-state index >= 15 is 0 Å². The van der Waals surface area contributed by atoms with Crippen LogP contribution in [0.5, 0.6) is 11.5 Å². The van der Waals surface area contributed by atoms with Gasteiger partial charge in [0.25, 0.3) is 0 Å². The molecule has 0 spiro atoms. The van der Waals surface area contributed by atoms with Gasteiger partial charge in [-0.15, -0.1) is 0 Å². The third kappa shape index (κ3) is 5.41. The number of ether oxygens (including phenoxy) is 2. The molecule has 6 heteroatoms. The zero-order valence-corrected chi connectivity index (χ0v) is 17.9. The first-order chi connectivity index (χ1) is 14.4. The highest BCUT2D eigenvalue weighted by atomic mass is 16.5. The number of benzene rings is 2. The summed E-state index contributed by atoms with van der Waals surface area (Å²) in [6.07, 6.45) is 4.13. The maximum absolute atomic E-state index is 12.5. The van der Waals surface area contributed by atoms with Gasteiger partial charge in [-0.05, 0) is 51.1 Å². The molecule has 0 radical (unpaired) electrons. The first-order valence-electron chi connectivity index (χ1n) is 10.1. The van der Waals surface area contributed by atoms with Gasteiger partial charge in [0.1, 0.15) is 17.6 Å². The van der Waals surface area contributed by atoms with E-state index in [1.54, 1.807) is 13.1 Å². The molecule has 30 heavy (non-hydrogen) atoms. The van der Waals surface area contributed by atoms with E-state index in [-0.39, 0.29) is 24.5 Å². The fraction of sp³-hybridized carbons (Fsp3) is 0.333. The molecule has 0 unspecified atom stereocenters. The molecule has 0 saturated heterocycles. The van der Waals surface area contributed by atoms with Crippen LogP contribution in [0.3, 0.4) is 0 Å². The van der Waals surface area contributed by atoms with Crippen molar-refractivity contribution in [1.29, 1.82) is 0 Å². The molecule has 1 atom stereocenters. The first-order valence-corrected chi connectivity index (χ1v) is 10.1. The Morgan fingerprint density at radius 2 is 2.00 bits per heavy atom. The lowest BCUT2D eigenvalue weighted by Gasteiger charge is -2.15. The van der Waals surface area contributed by atoms with Gasteiger partial charge < -0.3 is 19.7 Å². The number of nitrogens with zero attached hydrogens (tertiary/aromatic N) is 1. The van der Waals surface area contributed by atoms with Crippen LogP contribution in [0.4, 0.5) is 5.69 Å². The molecule has 0 aliphatic carbocycles. The number of hydrogen-bond donors (Lipinski definition) is 1. The van der Waals surface area contributed by atoms with Crippen LogP contribution in [0.25, 0.3) is 6.08 Å². The van der Waals surface area contributed by atoms with Crippen molar-refractivity contribution in [3.63, 3.8) is 0 Å². The summed E-state index contributed by atoms with van der Waals surface area (Å²) in [5.41, 5.74) is 3.70. The minimum absolute atomic E-state index is 0.0415. The number of carbonyl (C=O) groups excluding carboxylic acids is 2. The quantitative estimate of drug-likeness (QED) is 0.707. The normalized spacial score (nSPS) is 14.9.